The molecule has 0 N–H and O–H groups in total. The van der Waals surface area contributed by atoms with E-state index in [4.69, 9.17) is 4.74 Å². The molecule has 120 valence electrons. The summed E-state index contributed by atoms with van der Waals surface area (Å²) in [5.74, 6) is 0.855. The molecule has 0 unspecified atom stereocenters. The lowest BCUT2D eigenvalue weighted by Gasteiger charge is -2.35. The zero-order chi connectivity index (χ0) is 15.4. The number of hydrogen-bond donors (Lipinski definition) is 0. The van der Waals surface area contributed by atoms with Gasteiger partial charge in [0.25, 0.3) is 0 Å². The summed E-state index contributed by atoms with van der Waals surface area (Å²) in [5, 5.41) is 0. The minimum Gasteiger partial charge on any atom is -0.383 e. The van der Waals surface area contributed by atoms with Crippen molar-refractivity contribution in [3.05, 3.63) is 30.1 Å². The maximum atomic E-state index is 12.6. The summed E-state index contributed by atoms with van der Waals surface area (Å²) in [6.07, 6.45) is 6.43. The van der Waals surface area contributed by atoms with Gasteiger partial charge in [0.05, 0.1) is 13.0 Å². The van der Waals surface area contributed by atoms with Crippen LogP contribution >= 0.6 is 0 Å². The number of hydrogen-bond acceptors (Lipinski definition) is 4. The number of piperidine rings is 1. The van der Waals surface area contributed by atoms with E-state index in [2.05, 4.69) is 14.8 Å². The number of nitrogens with zero attached hydrogens (tertiary/aromatic N) is 3. The highest BCUT2D eigenvalue weighted by Gasteiger charge is 2.35. The minimum atomic E-state index is 0.247. The van der Waals surface area contributed by atoms with E-state index in [0.717, 1.165) is 38.3 Å². The first kappa shape index (κ1) is 15.4. The van der Waals surface area contributed by atoms with Gasteiger partial charge in [-0.25, -0.2) is 0 Å². The smallest absolute Gasteiger partial charge is 0.227 e. The number of pyridine rings is 1. The predicted octanol–water partition coefficient (Wildman–Crippen LogP) is 1.19. The number of rotatable bonds is 5. The van der Waals surface area contributed by atoms with Gasteiger partial charge in [-0.2, -0.15) is 0 Å². The van der Waals surface area contributed by atoms with Gasteiger partial charge < -0.3 is 9.64 Å². The molecule has 4 rings (SSSR count). The van der Waals surface area contributed by atoms with Gasteiger partial charge in [0, 0.05) is 51.7 Å². The van der Waals surface area contributed by atoms with Crippen LogP contribution in [0.15, 0.2) is 24.5 Å². The monoisotopic (exact) mass is 303 g/mol. The van der Waals surface area contributed by atoms with Crippen LogP contribution in [0.5, 0.6) is 0 Å². The standard InChI is InChI=1S/C17H25N3O2/c1-22-9-8-19-11-15-2-3-16(19)13-20(12-15)17(21)10-14-4-6-18-7-5-14/h4-7,15-16H,2-3,8-13H2,1H3/t15-,16-/m0/s1. The first-order chi connectivity index (χ1) is 10.8. The maximum absolute atomic E-state index is 12.6. The zero-order valence-corrected chi connectivity index (χ0v) is 13.3. The highest BCUT2D eigenvalue weighted by Crippen LogP contribution is 2.28. The second-order valence-electron chi connectivity index (χ2n) is 6.42. The summed E-state index contributed by atoms with van der Waals surface area (Å²) in [6, 6.07) is 4.35. The van der Waals surface area contributed by atoms with Crippen molar-refractivity contribution in [1.82, 2.24) is 14.8 Å². The Kier molecular flexibility index (Phi) is 5.05. The third-order valence-corrected chi connectivity index (χ3v) is 4.87. The van der Waals surface area contributed by atoms with Gasteiger partial charge >= 0.3 is 0 Å². The highest BCUT2D eigenvalue weighted by atomic mass is 16.5. The fourth-order valence-electron chi connectivity index (χ4n) is 3.65. The third-order valence-electron chi connectivity index (χ3n) is 4.87. The molecule has 5 heteroatoms. The number of ether oxygens (including phenoxy) is 1. The molecule has 0 saturated carbocycles. The minimum absolute atomic E-state index is 0.247. The molecule has 1 aromatic rings. The molecule has 3 saturated heterocycles. The van der Waals surface area contributed by atoms with Crippen LogP contribution < -0.4 is 0 Å². The Labute approximate surface area is 132 Å². The Morgan fingerprint density at radius 3 is 2.86 bits per heavy atom. The van der Waals surface area contributed by atoms with Crippen LogP contribution in [0.1, 0.15) is 18.4 Å². The van der Waals surface area contributed by atoms with E-state index in [9.17, 15) is 4.79 Å². The van der Waals surface area contributed by atoms with Crippen LogP contribution in [0.3, 0.4) is 0 Å². The average molecular weight is 303 g/mol. The van der Waals surface area contributed by atoms with Crippen molar-refractivity contribution in [2.24, 2.45) is 5.92 Å². The average Bonchev–Trinajstić information content (AvgIpc) is 2.85. The summed E-state index contributed by atoms with van der Waals surface area (Å²) >= 11 is 0. The molecule has 5 nitrogen and oxygen atoms in total. The van der Waals surface area contributed by atoms with E-state index in [1.54, 1.807) is 19.5 Å². The SMILES string of the molecule is COCCN1C[C@@H]2CC[C@H]1CN(C(=O)Cc1ccncc1)C2. The Hall–Kier alpha value is -1.46. The van der Waals surface area contributed by atoms with Crippen LogP contribution in [0.2, 0.25) is 0 Å². The highest BCUT2D eigenvalue weighted by molar-refractivity contribution is 5.78. The second kappa shape index (κ2) is 7.20. The van der Waals surface area contributed by atoms with E-state index < -0.39 is 0 Å². The van der Waals surface area contributed by atoms with Gasteiger partial charge in [0.2, 0.25) is 5.91 Å². The maximum Gasteiger partial charge on any atom is 0.227 e. The van der Waals surface area contributed by atoms with Crippen LogP contribution in [-0.2, 0) is 16.0 Å². The van der Waals surface area contributed by atoms with Crippen LogP contribution in [0.25, 0.3) is 0 Å². The van der Waals surface area contributed by atoms with Gasteiger partial charge in [-0.05, 0) is 36.5 Å². The molecule has 1 aromatic heterocycles. The van der Waals surface area contributed by atoms with Crippen LogP contribution in [0, 0.1) is 5.92 Å². The summed E-state index contributed by atoms with van der Waals surface area (Å²) in [6.45, 7) is 4.62. The largest absolute Gasteiger partial charge is 0.383 e. The van der Waals surface area contributed by atoms with E-state index in [0.29, 0.717) is 18.4 Å². The molecule has 1 amide bonds. The van der Waals surface area contributed by atoms with Crippen molar-refractivity contribution in [2.45, 2.75) is 25.3 Å². The number of fused-ring (bicyclic) bond motifs is 4. The Balaban J connectivity index is 1.62. The molecule has 22 heavy (non-hydrogen) atoms. The van der Waals surface area contributed by atoms with Crippen molar-refractivity contribution in [3.63, 3.8) is 0 Å². The molecule has 0 spiro atoms. The summed E-state index contributed by atoms with van der Waals surface area (Å²) < 4.78 is 5.22. The number of aromatic nitrogens is 1. The van der Waals surface area contributed by atoms with Gasteiger partial charge in [-0.1, -0.05) is 0 Å². The Morgan fingerprint density at radius 1 is 1.27 bits per heavy atom. The number of methoxy groups -OCH3 is 1. The van der Waals surface area contributed by atoms with Gasteiger partial charge in [-0.15, -0.1) is 0 Å². The van der Waals surface area contributed by atoms with Crippen molar-refractivity contribution in [2.75, 3.05) is 39.9 Å². The molecule has 3 aliphatic rings. The predicted molar refractivity (Wildman–Crippen MR) is 84.5 cm³/mol. The van der Waals surface area contributed by atoms with E-state index >= 15 is 0 Å². The van der Waals surface area contributed by atoms with Crippen molar-refractivity contribution >= 4 is 5.91 Å². The lowest BCUT2D eigenvalue weighted by Crippen LogP contribution is -2.45. The first-order valence-electron chi connectivity index (χ1n) is 8.16. The summed E-state index contributed by atoms with van der Waals surface area (Å²) in [5.41, 5.74) is 1.05. The fourth-order valence-corrected chi connectivity index (χ4v) is 3.65. The molecule has 0 aliphatic carbocycles. The van der Waals surface area contributed by atoms with Crippen molar-refractivity contribution < 1.29 is 9.53 Å². The number of carbonyl (C=O) groups excluding carboxylic acids is 1. The molecule has 0 radical (unpaired) electrons. The number of amides is 1. The molecule has 2 atom stereocenters. The zero-order valence-electron chi connectivity index (χ0n) is 13.3. The van der Waals surface area contributed by atoms with Crippen LogP contribution in [-0.4, -0.2) is 66.6 Å². The van der Waals surface area contributed by atoms with E-state index in [-0.39, 0.29) is 5.91 Å². The van der Waals surface area contributed by atoms with Crippen molar-refractivity contribution in [3.8, 4) is 0 Å². The summed E-state index contributed by atoms with van der Waals surface area (Å²) in [7, 11) is 1.75. The molecular formula is C17H25N3O2. The van der Waals surface area contributed by atoms with Crippen molar-refractivity contribution in [1.29, 1.82) is 0 Å². The molecule has 0 aromatic carbocycles. The van der Waals surface area contributed by atoms with E-state index in [1.807, 2.05) is 12.1 Å². The molecule has 3 aliphatic heterocycles. The Bertz CT molecular complexity index is 494. The Morgan fingerprint density at radius 2 is 2.09 bits per heavy atom. The fraction of sp³-hybridized carbons (Fsp3) is 0.647. The second-order valence-corrected chi connectivity index (χ2v) is 6.42. The van der Waals surface area contributed by atoms with Crippen LogP contribution in [0.4, 0.5) is 0 Å². The topological polar surface area (TPSA) is 45.7 Å². The lowest BCUT2D eigenvalue weighted by molar-refractivity contribution is -0.130. The number of carbonyl (C=O) groups is 1. The van der Waals surface area contributed by atoms with E-state index in [1.165, 1.54) is 12.8 Å². The summed E-state index contributed by atoms with van der Waals surface area (Å²) in [4.78, 5) is 21.2. The normalized spacial score (nSPS) is 25.2. The quantitative estimate of drug-likeness (QED) is 0.820. The molecule has 4 heterocycles. The third kappa shape index (κ3) is 3.65. The molecule has 3 fully saturated rings. The molecular weight excluding hydrogens is 278 g/mol. The van der Waals surface area contributed by atoms with Gasteiger partial charge in [0.15, 0.2) is 0 Å². The lowest BCUT2D eigenvalue weighted by atomic mass is 9.95. The first-order valence-corrected chi connectivity index (χ1v) is 8.16. The van der Waals surface area contributed by atoms with Gasteiger partial charge in [-0.3, -0.25) is 14.7 Å². The van der Waals surface area contributed by atoms with Gasteiger partial charge in [0.1, 0.15) is 0 Å². The molecule has 2 bridgehead atoms.